The van der Waals surface area contributed by atoms with Crippen LogP contribution in [0.5, 0.6) is 0 Å². The van der Waals surface area contributed by atoms with Crippen molar-refractivity contribution in [2.24, 2.45) is 0 Å². The molecule has 8 aromatic carbocycles. The monoisotopic (exact) mass is 642 g/mol. The Hall–Kier alpha value is -6.16. The molecule has 0 fully saturated rings. The first-order valence-electron chi connectivity index (χ1n) is 16.6. The number of hydrogen-bond acceptors (Lipinski definition) is 3. The van der Waals surface area contributed by atoms with Crippen molar-refractivity contribution in [3.8, 4) is 33.4 Å². The minimum Gasteiger partial charge on any atom is -0.464 e. The molecule has 0 N–H and O–H groups in total. The second-order valence-corrected chi connectivity index (χ2v) is 13.9. The zero-order valence-electron chi connectivity index (χ0n) is 26.2. The van der Waals surface area contributed by atoms with Gasteiger partial charge in [0, 0.05) is 41.9 Å². The molecule has 3 heteroatoms. The van der Waals surface area contributed by atoms with Gasteiger partial charge in [-0.3, -0.25) is 0 Å². The van der Waals surface area contributed by atoms with Gasteiger partial charge in [-0.15, -0.1) is 11.3 Å². The van der Waals surface area contributed by atoms with Crippen LogP contribution in [0.1, 0.15) is 0 Å². The third-order valence-corrected chi connectivity index (χ3v) is 11.3. The van der Waals surface area contributed by atoms with Gasteiger partial charge in [0.2, 0.25) is 0 Å². The summed E-state index contributed by atoms with van der Waals surface area (Å²) in [5, 5.41) is 10.8. The highest BCUT2D eigenvalue weighted by Gasteiger charge is 2.19. The Balaban J connectivity index is 1.15. The molecule has 3 heterocycles. The van der Waals surface area contributed by atoms with Crippen LogP contribution in [-0.4, -0.2) is 0 Å². The minimum atomic E-state index is 0.857. The first-order valence-corrected chi connectivity index (χ1v) is 17.4. The number of thiophene rings is 1. The lowest BCUT2D eigenvalue weighted by Crippen LogP contribution is -1.90. The fourth-order valence-corrected chi connectivity index (χ4v) is 9.01. The van der Waals surface area contributed by atoms with Crippen molar-refractivity contribution >= 4 is 86.0 Å². The number of hydrogen-bond donors (Lipinski definition) is 0. The van der Waals surface area contributed by atoms with Gasteiger partial charge in [0.05, 0.1) is 6.26 Å². The lowest BCUT2D eigenvalue weighted by atomic mass is 9.85. The molecule has 228 valence electrons. The van der Waals surface area contributed by atoms with E-state index in [-0.39, 0.29) is 0 Å². The summed E-state index contributed by atoms with van der Waals surface area (Å²) in [6.07, 6.45) is 1.85. The number of benzene rings is 8. The van der Waals surface area contributed by atoms with E-state index in [1.807, 2.05) is 23.7 Å². The Morgan fingerprint density at radius 3 is 1.61 bits per heavy atom. The number of furan rings is 2. The summed E-state index contributed by atoms with van der Waals surface area (Å²) in [5.74, 6) is 0. The van der Waals surface area contributed by atoms with E-state index in [1.165, 1.54) is 58.4 Å². The number of rotatable bonds is 3. The molecule has 0 atom stereocenters. The highest BCUT2D eigenvalue weighted by atomic mass is 32.1. The van der Waals surface area contributed by atoms with Gasteiger partial charge >= 0.3 is 0 Å². The van der Waals surface area contributed by atoms with Crippen molar-refractivity contribution in [3.63, 3.8) is 0 Å². The fraction of sp³-hybridized carbons (Fsp3) is 0. The van der Waals surface area contributed by atoms with Gasteiger partial charge < -0.3 is 8.83 Å². The Kier molecular flexibility index (Phi) is 5.57. The van der Waals surface area contributed by atoms with Gasteiger partial charge in [0.15, 0.2) is 0 Å². The molecular formula is C46H26O2S. The molecule has 0 aliphatic heterocycles. The lowest BCUT2D eigenvalue weighted by Gasteiger charge is -2.18. The van der Waals surface area contributed by atoms with E-state index in [1.54, 1.807) is 0 Å². The molecule has 11 aromatic rings. The summed E-state index contributed by atoms with van der Waals surface area (Å²) in [6.45, 7) is 0. The van der Waals surface area contributed by atoms with Crippen LogP contribution in [0, 0.1) is 0 Å². The maximum Gasteiger partial charge on any atom is 0.136 e. The van der Waals surface area contributed by atoms with E-state index < -0.39 is 0 Å². The van der Waals surface area contributed by atoms with E-state index in [0.717, 1.165) is 49.6 Å². The summed E-state index contributed by atoms with van der Waals surface area (Å²) in [6, 6.07) is 54.7. The zero-order valence-corrected chi connectivity index (χ0v) is 27.1. The molecule has 0 aliphatic rings. The molecule has 0 aliphatic carbocycles. The highest BCUT2D eigenvalue weighted by molar-refractivity contribution is 7.25. The van der Waals surface area contributed by atoms with Crippen molar-refractivity contribution in [2.75, 3.05) is 0 Å². The Labute approximate surface area is 285 Å². The van der Waals surface area contributed by atoms with Crippen molar-refractivity contribution in [3.05, 3.63) is 158 Å². The molecule has 0 radical (unpaired) electrons. The Morgan fingerprint density at radius 2 is 0.898 bits per heavy atom. The minimum absolute atomic E-state index is 0.857. The van der Waals surface area contributed by atoms with Gasteiger partial charge in [-0.2, -0.15) is 0 Å². The summed E-state index contributed by atoms with van der Waals surface area (Å²) in [4.78, 5) is 0. The van der Waals surface area contributed by atoms with E-state index in [2.05, 4.69) is 146 Å². The second-order valence-electron chi connectivity index (χ2n) is 12.8. The smallest absolute Gasteiger partial charge is 0.136 e. The standard InChI is InChI=1S/C46H26O2S/c1-2-10-27(11-3-1)39-26-47-41-24-36-35-22-28(18-20-40(35)48-42(36)25-37(39)41)45-31-13-4-6-15-33(31)46(34-16-7-5-14-32(34)45)29-19-21-44-38(23-29)30-12-8-9-17-43(30)49-44/h1-26H. The molecule has 0 saturated heterocycles. The molecular weight excluding hydrogens is 617 g/mol. The van der Waals surface area contributed by atoms with Crippen LogP contribution >= 0.6 is 11.3 Å². The van der Waals surface area contributed by atoms with E-state index in [9.17, 15) is 0 Å². The van der Waals surface area contributed by atoms with Crippen LogP contribution in [0.3, 0.4) is 0 Å². The average Bonchev–Trinajstić information content (AvgIpc) is 3.85. The topological polar surface area (TPSA) is 26.3 Å². The van der Waals surface area contributed by atoms with Crippen molar-refractivity contribution in [1.29, 1.82) is 0 Å². The largest absolute Gasteiger partial charge is 0.464 e. The Bertz CT molecular complexity index is 3050. The summed E-state index contributed by atoms with van der Waals surface area (Å²) in [5.41, 5.74) is 9.70. The van der Waals surface area contributed by atoms with Gasteiger partial charge in [0.25, 0.3) is 0 Å². The normalized spacial score (nSPS) is 12.1. The van der Waals surface area contributed by atoms with Crippen LogP contribution in [0.15, 0.2) is 167 Å². The van der Waals surface area contributed by atoms with Crippen molar-refractivity contribution in [1.82, 2.24) is 0 Å². The molecule has 0 spiro atoms. The van der Waals surface area contributed by atoms with E-state index >= 15 is 0 Å². The van der Waals surface area contributed by atoms with Crippen LogP contribution in [-0.2, 0) is 0 Å². The van der Waals surface area contributed by atoms with Gasteiger partial charge in [-0.05, 0) is 91.8 Å². The molecule has 11 rings (SSSR count). The molecule has 0 bridgehead atoms. The van der Waals surface area contributed by atoms with Crippen molar-refractivity contribution < 1.29 is 8.83 Å². The average molecular weight is 643 g/mol. The summed E-state index contributed by atoms with van der Waals surface area (Å²) >= 11 is 1.86. The van der Waals surface area contributed by atoms with Crippen LogP contribution in [0.4, 0.5) is 0 Å². The quantitative estimate of drug-likeness (QED) is 0.179. The summed E-state index contributed by atoms with van der Waals surface area (Å²) < 4.78 is 15.2. The van der Waals surface area contributed by atoms with Crippen molar-refractivity contribution in [2.45, 2.75) is 0 Å². The molecule has 49 heavy (non-hydrogen) atoms. The van der Waals surface area contributed by atoms with Gasteiger partial charge in [0.1, 0.15) is 16.7 Å². The third-order valence-electron chi connectivity index (χ3n) is 10.1. The Morgan fingerprint density at radius 1 is 0.347 bits per heavy atom. The third kappa shape index (κ3) is 3.94. The fourth-order valence-electron chi connectivity index (χ4n) is 7.93. The first-order chi connectivity index (χ1) is 24.3. The first kappa shape index (κ1) is 26.9. The number of fused-ring (bicyclic) bond motifs is 9. The van der Waals surface area contributed by atoms with Gasteiger partial charge in [-0.25, -0.2) is 0 Å². The summed E-state index contributed by atoms with van der Waals surface area (Å²) in [7, 11) is 0. The molecule has 3 aromatic heterocycles. The van der Waals surface area contributed by atoms with Crippen LogP contribution in [0.25, 0.3) is 108 Å². The molecule has 0 saturated carbocycles. The SMILES string of the molecule is c1ccc(-c2coc3cc4c(cc23)oc2ccc(-c3c5ccccc5c(-c5ccc6sc7ccccc7c6c5)c5ccccc35)cc24)cc1. The second kappa shape index (κ2) is 10.2. The predicted molar refractivity (Wildman–Crippen MR) is 208 cm³/mol. The highest BCUT2D eigenvalue weighted by Crippen LogP contribution is 2.46. The molecule has 2 nitrogen and oxygen atoms in total. The maximum atomic E-state index is 6.48. The maximum absolute atomic E-state index is 6.48. The molecule has 0 amide bonds. The lowest BCUT2D eigenvalue weighted by molar-refractivity contribution is 0.617. The van der Waals surface area contributed by atoms with Gasteiger partial charge in [-0.1, -0.05) is 109 Å². The van der Waals surface area contributed by atoms with Crippen LogP contribution in [0.2, 0.25) is 0 Å². The molecule has 0 unspecified atom stereocenters. The predicted octanol–water partition coefficient (Wildman–Crippen LogP) is 14.0. The van der Waals surface area contributed by atoms with E-state index in [0.29, 0.717) is 0 Å². The zero-order chi connectivity index (χ0) is 32.1. The van der Waals surface area contributed by atoms with Crippen LogP contribution < -0.4 is 0 Å². The van der Waals surface area contributed by atoms with E-state index in [4.69, 9.17) is 8.83 Å².